The number of phenolic OH excluding ortho intramolecular Hbond substituents is 1. The molecule has 0 spiro atoms. The number of amides is 1. The third-order valence-corrected chi connectivity index (χ3v) is 3.73. The van der Waals surface area contributed by atoms with Crippen LogP contribution in [-0.2, 0) is 9.53 Å². The maximum Gasteiger partial charge on any atom is 0.411 e. The molecule has 0 aliphatic rings. The number of ether oxygens (including phenoxy) is 1. The number of benzene rings is 2. The molecule has 1 unspecified atom stereocenters. The summed E-state index contributed by atoms with van der Waals surface area (Å²) in [6.45, 7) is -1.54. The van der Waals surface area contributed by atoms with Gasteiger partial charge in [0.05, 0.1) is 18.2 Å². The van der Waals surface area contributed by atoms with Gasteiger partial charge < -0.3 is 15.2 Å². The van der Waals surface area contributed by atoms with Gasteiger partial charge in [0.15, 0.2) is 6.29 Å². The Kier molecular flexibility index (Phi) is 6.81. The van der Waals surface area contributed by atoms with Gasteiger partial charge in [0, 0.05) is 10.6 Å². The minimum absolute atomic E-state index is 0.0745. The minimum atomic E-state index is -4.56. The average Bonchev–Trinajstić information content (AvgIpc) is 2.60. The highest BCUT2D eigenvalue weighted by Gasteiger charge is 2.30. The molecule has 27 heavy (non-hydrogen) atoms. The number of phenols is 1. The summed E-state index contributed by atoms with van der Waals surface area (Å²) in [5, 5.41) is 12.1. The zero-order valence-electron chi connectivity index (χ0n) is 13.8. The van der Waals surface area contributed by atoms with Crippen LogP contribution in [0.1, 0.15) is 28.4 Å². The molecule has 9 heteroatoms. The van der Waals surface area contributed by atoms with E-state index in [0.29, 0.717) is 16.9 Å². The summed E-state index contributed by atoms with van der Waals surface area (Å²) in [4.78, 5) is 23.3. The molecule has 2 rings (SSSR count). The number of alkyl halides is 3. The maximum absolute atomic E-state index is 12.5. The standard InChI is InChI=1S/C18H15ClF3NO4/c19-13-3-6-15(12(7-13)9-24)23-17(26)8-16(27-10-18(20,21)22)11-1-4-14(25)5-2-11/h1-7,9,16,25H,8,10H2,(H,23,26). The first-order valence-electron chi connectivity index (χ1n) is 7.70. The van der Waals surface area contributed by atoms with Crippen molar-refractivity contribution in [2.45, 2.75) is 18.7 Å². The molecule has 0 radical (unpaired) electrons. The molecule has 2 aromatic carbocycles. The number of aromatic hydroxyl groups is 1. The van der Waals surface area contributed by atoms with E-state index in [1.54, 1.807) is 0 Å². The van der Waals surface area contributed by atoms with E-state index in [0.717, 1.165) is 0 Å². The quantitative estimate of drug-likeness (QED) is 0.669. The van der Waals surface area contributed by atoms with Crippen LogP contribution in [0.2, 0.25) is 5.02 Å². The first-order valence-corrected chi connectivity index (χ1v) is 8.07. The molecule has 0 saturated heterocycles. The molecule has 0 heterocycles. The molecule has 0 saturated carbocycles. The van der Waals surface area contributed by atoms with Gasteiger partial charge in [0.2, 0.25) is 5.91 Å². The fourth-order valence-electron chi connectivity index (χ4n) is 2.27. The molecule has 0 aliphatic heterocycles. The molecule has 1 amide bonds. The number of rotatable bonds is 7. The Bertz CT molecular complexity index is 809. The van der Waals surface area contributed by atoms with Crippen molar-refractivity contribution in [3.63, 3.8) is 0 Å². The lowest BCUT2D eigenvalue weighted by atomic mass is 10.1. The molecule has 5 nitrogen and oxygen atoms in total. The van der Waals surface area contributed by atoms with Crippen LogP contribution in [0.15, 0.2) is 42.5 Å². The van der Waals surface area contributed by atoms with Crippen LogP contribution in [-0.4, -0.2) is 30.1 Å². The summed E-state index contributed by atoms with van der Waals surface area (Å²) in [7, 11) is 0. The first-order chi connectivity index (χ1) is 12.7. The maximum atomic E-state index is 12.5. The van der Waals surface area contributed by atoms with Crippen LogP contribution in [0.5, 0.6) is 5.75 Å². The van der Waals surface area contributed by atoms with Gasteiger partial charge in [-0.1, -0.05) is 23.7 Å². The molecule has 0 bridgehead atoms. The Morgan fingerprint density at radius 3 is 2.48 bits per heavy atom. The molecular formula is C18H15ClF3NO4. The van der Waals surface area contributed by atoms with E-state index < -0.39 is 31.2 Å². The number of aldehydes is 1. The molecule has 2 aromatic rings. The van der Waals surface area contributed by atoms with Crippen LogP contribution in [0.4, 0.5) is 18.9 Å². The van der Waals surface area contributed by atoms with Gasteiger partial charge in [-0.2, -0.15) is 13.2 Å². The van der Waals surface area contributed by atoms with Crippen LogP contribution in [0, 0.1) is 0 Å². The summed E-state index contributed by atoms with van der Waals surface area (Å²) >= 11 is 5.77. The predicted molar refractivity (Wildman–Crippen MR) is 92.9 cm³/mol. The summed E-state index contributed by atoms with van der Waals surface area (Å²) in [6.07, 6.45) is -5.69. The number of carbonyl (C=O) groups excluding carboxylic acids is 2. The summed E-state index contributed by atoms with van der Waals surface area (Å²) in [6, 6.07) is 9.51. The van der Waals surface area contributed by atoms with Crippen LogP contribution < -0.4 is 5.32 Å². The monoisotopic (exact) mass is 401 g/mol. The molecule has 2 N–H and O–H groups in total. The second kappa shape index (κ2) is 8.88. The number of hydrogen-bond acceptors (Lipinski definition) is 4. The van der Waals surface area contributed by atoms with Crippen LogP contribution in [0.3, 0.4) is 0 Å². The highest BCUT2D eigenvalue weighted by Crippen LogP contribution is 2.27. The van der Waals surface area contributed by atoms with E-state index in [1.165, 1.54) is 42.5 Å². The molecular weight excluding hydrogens is 387 g/mol. The second-order valence-corrected chi connectivity index (χ2v) is 6.04. The zero-order chi connectivity index (χ0) is 20.0. The van der Waals surface area contributed by atoms with Gasteiger partial charge in [-0.25, -0.2) is 0 Å². The number of carbonyl (C=O) groups is 2. The normalized spacial score (nSPS) is 12.4. The summed E-state index contributed by atoms with van der Waals surface area (Å²) in [5.74, 6) is -0.727. The van der Waals surface area contributed by atoms with Crippen molar-refractivity contribution in [1.82, 2.24) is 0 Å². The van der Waals surface area contributed by atoms with Gasteiger partial charge in [0.1, 0.15) is 12.4 Å². The summed E-state index contributed by atoms with van der Waals surface area (Å²) in [5.41, 5.74) is 0.604. The van der Waals surface area contributed by atoms with E-state index in [9.17, 15) is 27.9 Å². The second-order valence-electron chi connectivity index (χ2n) is 5.61. The predicted octanol–water partition coefficient (Wildman–Crippen LogP) is 4.51. The highest BCUT2D eigenvalue weighted by atomic mass is 35.5. The Hall–Kier alpha value is -2.58. The number of anilines is 1. The lowest BCUT2D eigenvalue weighted by Gasteiger charge is -2.19. The Morgan fingerprint density at radius 1 is 1.22 bits per heavy atom. The zero-order valence-corrected chi connectivity index (χ0v) is 14.6. The van der Waals surface area contributed by atoms with E-state index >= 15 is 0 Å². The van der Waals surface area contributed by atoms with Gasteiger partial charge >= 0.3 is 6.18 Å². The van der Waals surface area contributed by atoms with Crippen molar-refractivity contribution >= 4 is 29.5 Å². The SMILES string of the molecule is O=Cc1cc(Cl)ccc1NC(=O)CC(OCC(F)(F)F)c1ccc(O)cc1. The van der Waals surface area contributed by atoms with Crippen molar-refractivity contribution in [3.8, 4) is 5.75 Å². The fourth-order valence-corrected chi connectivity index (χ4v) is 2.45. The largest absolute Gasteiger partial charge is 0.508 e. The minimum Gasteiger partial charge on any atom is -0.508 e. The molecule has 1 atom stereocenters. The van der Waals surface area contributed by atoms with Crippen molar-refractivity contribution in [3.05, 3.63) is 58.6 Å². The number of halogens is 4. The smallest absolute Gasteiger partial charge is 0.411 e. The van der Waals surface area contributed by atoms with E-state index in [2.05, 4.69) is 5.32 Å². The lowest BCUT2D eigenvalue weighted by Crippen LogP contribution is -2.23. The van der Waals surface area contributed by atoms with E-state index in [-0.39, 0.29) is 17.0 Å². The van der Waals surface area contributed by atoms with E-state index in [4.69, 9.17) is 16.3 Å². The Morgan fingerprint density at radius 2 is 1.89 bits per heavy atom. The van der Waals surface area contributed by atoms with Gasteiger partial charge in [-0.3, -0.25) is 9.59 Å². The van der Waals surface area contributed by atoms with Crippen LogP contribution in [0.25, 0.3) is 0 Å². The Balaban J connectivity index is 2.15. The van der Waals surface area contributed by atoms with Crippen molar-refractivity contribution in [2.75, 3.05) is 11.9 Å². The van der Waals surface area contributed by atoms with Gasteiger partial charge in [-0.15, -0.1) is 0 Å². The topological polar surface area (TPSA) is 75.6 Å². The van der Waals surface area contributed by atoms with Crippen molar-refractivity contribution in [1.29, 1.82) is 0 Å². The molecule has 0 aromatic heterocycles. The number of hydrogen-bond donors (Lipinski definition) is 2. The van der Waals surface area contributed by atoms with Crippen molar-refractivity contribution < 1.29 is 32.6 Å². The molecule has 144 valence electrons. The first kappa shape index (κ1) is 20.7. The highest BCUT2D eigenvalue weighted by molar-refractivity contribution is 6.31. The van der Waals surface area contributed by atoms with Gasteiger partial charge in [0.25, 0.3) is 0 Å². The van der Waals surface area contributed by atoms with Gasteiger partial charge in [-0.05, 0) is 35.9 Å². The molecule has 0 aliphatic carbocycles. The molecule has 0 fully saturated rings. The fraction of sp³-hybridized carbons (Fsp3) is 0.222. The van der Waals surface area contributed by atoms with E-state index in [1.807, 2.05) is 0 Å². The third kappa shape index (κ3) is 6.58. The average molecular weight is 402 g/mol. The lowest BCUT2D eigenvalue weighted by molar-refractivity contribution is -0.187. The third-order valence-electron chi connectivity index (χ3n) is 3.50. The number of nitrogens with one attached hydrogen (secondary N) is 1. The van der Waals surface area contributed by atoms with Crippen LogP contribution >= 0.6 is 11.6 Å². The summed E-state index contributed by atoms with van der Waals surface area (Å²) < 4.78 is 42.4. The Labute approximate surface area is 157 Å². The van der Waals surface area contributed by atoms with Crippen molar-refractivity contribution in [2.24, 2.45) is 0 Å².